The Labute approximate surface area is 92.3 Å². The van der Waals surface area contributed by atoms with Crippen LogP contribution >= 0.6 is 27.7 Å². The summed E-state index contributed by atoms with van der Waals surface area (Å²) >= 11 is 4.97. The van der Waals surface area contributed by atoms with E-state index in [0.29, 0.717) is 18.9 Å². The second kappa shape index (κ2) is 7.64. The van der Waals surface area contributed by atoms with Crippen molar-refractivity contribution in [3.63, 3.8) is 0 Å². The number of alkyl halides is 1. The molecule has 0 spiro atoms. The largest absolute Gasteiger partial charge is 0.383 e. The number of rotatable bonds is 6. The maximum absolute atomic E-state index is 11.3. The monoisotopic (exact) mass is 269 g/mol. The SMILES string of the molecule is COCC(Br)CN(C)C(=O)CSC. The number of hydrogen-bond acceptors (Lipinski definition) is 3. The molecule has 0 rings (SSSR count). The molecule has 0 fully saturated rings. The van der Waals surface area contributed by atoms with Gasteiger partial charge in [0.15, 0.2) is 0 Å². The molecule has 0 aliphatic carbocycles. The van der Waals surface area contributed by atoms with Crippen molar-refractivity contribution in [2.45, 2.75) is 4.83 Å². The van der Waals surface area contributed by atoms with Gasteiger partial charge < -0.3 is 9.64 Å². The molecule has 1 atom stereocenters. The first kappa shape index (κ1) is 13.3. The van der Waals surface area contributed by atoms with Gasteiger partial charge in [-0.3, -0.25) is 4.79 Å². The summed E-state index contributed by atoms with van der Waals surface area (Å²) in [6.45, 7) is 1.31. The summed E-state index contributed by atoms with van der Waals surface area (Å²) < 4.78 is 4.95. The Morgan fingerprint density at radius 1 is 1.69 bits per heavy atom. The average molecular weight is 270 g/mol. The molecule has 0 saturated carbocycles. The fourth-order valence-corrected chi connectivity index (χ4v) is 2.03. The number of ether oxygens (including phenoxy) is 1. The lowest BCUT2D eigenvalue weighted by molar-refractivity contribution is -0.127. The van der Waals surface area contributed by atoms with Gasteiger partial charge in [-0.25, -0.2) is 0 Å². The van der Waals surface area contributed by atoms with Crippen LogP contribution in [0.1, 0.15) is 0 Å². The first-order valence-electron chi connectivity index (χ1n) is 3.97. The zero-order valence-corrected chi connectivity index (χ0v) is 10.7. The fourth-order valence-electron chi connectivity index (χ4n) is 0.866. The van der Waals surface area contributed by atoms with Crippen LogP contribution in [0, 0.1) is 0 Å². The maximum Gasteiger partial charge on any atom is 0.232 e. The van der Waals surface area contributed by atoms with E-state index in [1.54, 1.807) is 23.8 Å². The molecule has 0 aliphatic heterocycles. The summed E-state index contributed by atoms with van der Waals surface area (Å²) in [5.41, 5.74) is 0. The lowest BCUT2D eigenvalue weighted by atomic mass is 10.4. The molecule has 0 radical (unpaired) electrons. The third-order valence-corrected chi connectivity index (χ3v) is 2.60. The fraction of sp³-hybridized carbons (Fsp3) is 0.875. The molecular weight excluding hydrogens is 254 g/mol. The normalized spacial score (nSPS) is 12.6. The molecule has 0 aromatic rings. The third-order valence-electron chi connectivity index (χ3n) is 1.51. The van der Waals surface area contributed by atoms with Crippen LogP contribution in [0.2, 0.25) is 0 Å². The molecule has 0 saturated heterocycles. The highest BCUT2D eigenvalue weighted by atomic mass is 79.9. The van der Waals surface area contributed by atoms with Crippen LogP contribution in [0.3, 0.4) is 0 Å². The number of halogens is 1. The molecule has 5 heteroatoms. The highest BCUT2D eigenvalue weighted by Gasteiger charge is 2.12. The molecule has 0 aromatic carbocycles. The number of amides is 1. The minimum atomic E-state index is 0.160. The van der Waals surface area contributed by atoms with Gasteiger partial charge in [0.25, 0.3) is 0 Å². The Morgan fingerprint density at radius 2 is 2.31 bits per heavy atom. The van der Waals surface area contributed by atoms with Crippen molar-refractivity contribution in [1.29, 1.82) is 0 Å². The number of carbonyl (C=O) groups is 1. The van der Waals surface area contributed by atoms with Gasteiger partial charge in [0, 0.05) is 20.7 Å². The molecule has 78 valence electrons. The van der Waals surface area contributed by atoms with Gasteiger partial charge in [-0.15, -0.1) is 0 Å². The third kappa shape index (κ3) is 6.35. The van der Waals surface area contributed by atoms with Crippen molar-refractivity contribution in [2.24, 2.45) is 0 Å². The summed E-state index contributed by atoms with van der Waals surface area (Å²) in [4.78, 5) is 13.3. The van der Waals surface area contributed by atoms with Crippen LogP contribution < -0.4 is 0 Å². The van der Waals surface area contributed by atoms with Crippen molar-refractivity contribution in [3.8, 4) is 0 Å². The smallest absolute Gasteiger partial charge is 0.232 e. The van der Waals surface area contributed by atoms with Crippen LogP contribution in [0.15, 0.2) is 0 Å². The maximum atomic E-state index is 11.3. The summed E-state index contributed by atoms with van der Waals surface area (Å²) in [5, 5.41) is 0. The number of methoxy groups -OCH3 is 1. The van der Waals surface area contributed by atoms with Gasteiger partial charge in [-0.1, -0.05) is 15.9 Å². The lowest BCUT2D eigenvalue weighted by Gasteiger charge is -2.19. The number of hydrogen-bond donors (Lipinski definition) is 0. The van der Waals surface area contributed by atoms with Gasteiger partial charge in [-0.2, -0.15) is 11.8 Å². The first-order valence-corrected chi connectivity index (χ1v) is 6.28. The van der Waals surface area contributed by atoms with Crippen LogP contribution in [0.4, 0.5) is 0 Å². The quantitative estimate of drug-likeness (QED) is 0.680. The standard InChI is InChI=1S/C8H16BrNO2S/c1-10(8(11)6-13-3)4-7(9)5-12-2/h7H,4-6H2,1-3H3. The summed E-state index contributed by atoms with van der Waals surface area (Å²) in [6.07, 6.45) is 1.92. The Hall–Kier alpha value is 0.260. The predicted molar refractivity (Wildman–Crippen MR) is 60.6 cm³/mol. The van der Waals surface area contributed by atoms with Crippen LogP contribution in [0.25, 0.3) is 0 Å². The summed E-state index contributed by atoms with van der Waals surface area (Å²) in [5.74, 6) is 0.705. The Bertz CT molecular complexity index is 157. The molecule has 0 aliphatic rings. The molecular formula is C8H16BrNO2S. The van der Waals surface area contributed by atoms with E-state index in [1.165, 1.54) is 0 Å². The van der Waals surface area contributed by atoms with E-state index >= 15 is 0 Å². The molecule has 13 heavy (non-hydrogen) atoms. The van der Waals surface area contributed by atoms with Crippen molar-refractivity contribution < 1.29 is 9.53 Å². The molecule has 1 unspecified atom stereocenters. The predicted octanol–water partition coefficient (Wildman–Crippen LogP) is 1.22. The Kier molecular flexibility index (Phi) is 7.80. The zero-order chi connectivity index (χ0) is 10.3. The van der Waals surface area contributed by atoms with Crippen molar-refractivity contribution >= 4 is 33.6 Å². The van der Waals surface area contributed by atoms with E-state index in [1.807, 2.05) is 13.3 Å². The van der Waals surface area contributed by atoms with Crippen molar-refractivity contribution in [3.05, 3.63) is 0 Å². The molecule has 0 bridgehead atoms. The second-order valence-electron chi connectivity index (χ2n) is 2.76. The van der Waals surface area contributed by atoms with Crippen LogP contribution in [-0.4, -0.2) is 55.0 Å². The van der Waals surface area contributed by atoms with E-state index in [-0.39, 0.29) is 10.7 Å². The second-order valence-corrected chi connectivity index (χ2v) is 4.92. The zero-order valence-electron chi connectivity index (χ0n) is 8.25. The van der Waals surface area contributed by atoms with E-state index in [0.717, 1.165) is 0 Å². The number of carbonyl (C=O) groups excluding carboxylic acids is 1. The van der Waals surface area contributed by atoms with E-state index in [2.05, 4.69) is 15.9 Å². The minimum Gasteiger partial charge on any atom is -0.383 e. The first-order chi connectivity index (χ1) is 6.11. The molecule has 0 heterocycles. The van der Waals surface area contributed by atoms with Crippen LogP contribution in [-0.2, 0) is 9.53 Å². The highest BCUT2D eigenvalue weighted by molar-refractivity contribution is 9.09. The van der Waals surface area contributed by atoms with E-state index in [9.17, 15) is 4.79 Å². The lowest BCUT2D eigenvalue weighted by Crippen LogP contribution is -2.34. The topological polar surface area (TPSA) is 29.5 Å². The van der Waals surface area contributed by atoms with Gasteiger partial charge in [-0.05, 0) is 6.26 Å². The summed E-state index contributed by atoms with van der Waals surface area (Å²) in [7, 11) is 3.46. The highest BCUT2D eigenvalue weighted by Crippen LogP contribution is 2.03. The van der Waals surface area contributed by atoms with Gasteiger partial charge >= 0.3 is 0 Å². The average Bonchev–Trinajstić information content (AvgIpc) is 2.05. The van der Waals surface area contributed by atoms with Crippen molar-refractivity contribution in [1.82, 2.24) is 4.90 Å². The molecule has 3 nitrogen and oxygen atoms in total. The molecule has 0 N–H and O–H groups in total. The molecule has 0 aromatic heterocycles. The Morgan fingerprint density at radius 3 is 2.77 bits per heavy atom. The Balaban J connectivity index is 3.71. The molecule has 1 amide bonds. The van der Waals surface area contributed by atoms with E-state index in [4.69, 9.17) is 4.74 Å². The number of nitrogens with zero attached hydrogens (tertiary/aromatic N) is 1. The van der Waals surface area contributed by atoms with E-state index < -0.39 is 0 Å². The van der Waals surface area contributed by atoms with Gasteiger partial charge in [0.2, 0.25) is 5.91 Å². The van der Waals surface area contributed by atoms with Crippen LogP contribution in [0.5, 0.6) is 0 Å². The minimum absolute atomic E-state index is 0.160. The van der Waals surface area contributed by atoms with Gasteiger partial charge in [0.05, 0.1) is 17.2 Å². The van der Waals surface area contributed by atoms with Crippen molar-refractivity contribution in [2.75, 3.05) is 39.3 Å². The summed E-state index contributed by atoms with van der Waals surface area (Å²) in [6, 6.07) is 0. The van der Waals surface area contributed by atoms with Gasteiger partial charge in [0.1, 0.15) is 0 Å². The number of thioether (sulfide) groups is 1.